The van der Waals surface area contributed by atoms with E-state index in [1.54, 1.807) is 0 Å². The third-order valence-corrected chi connectivity index (χ3v) is 11.1. The molecular weight excluding hydrogens is 643 g/mol. The Morgan fingerprint density at radius 2 is 0.769 bits per heavy atom. The van der Waals surface area contributed by atoms with E-state index in [9.17, 15) is 20.1 Å². The number of nitrogens with one attached hydrogen (secondary N) is 1. The van der Waals surface area contributed by atoms with E-state index in [1.807, 2.05) is 0 Å². The first-order valence-electron chi connectivity index (χ1n) is 23.5. The van der Waals surface area contributed by atoms with Gasteiger partial charge in [0.25, 0.3) is 0 Å². The third-order valence-electron chi connectivity index (χ3n) is 11.1. The summed E-state index contributed by atoms with van der Waals surface area (Å²) < 4.78 is 0. The summed E-state index contributed by atoms with van der Waals surface area (Å²) in [5.74, 6) is -0.150. The summed E-state index contributed by atoms with van der Waals surface area (Å²) in [7, 11) is 0. The van der Waals surface area contributed by atoms with Gasteiger partial charge in [0.05, 0.1) is 18.8 Å². The lowest BCUT2D eigenvalue weighted by Gasteiger charge is -2.26. The predicted octanol–water partition coefficient (Wildman–Crippen LogP) is 13.6. The second kappa shape index (κ2) is 42.8. The molecule has 0 fully saturated rings. The van der Waals surface area contributed by atoms with Crippen molar-refractivity contribution in [2.45, 2.75) is 276 Å². The molecule has 5 heteroatoms. The van der Waals surface area contributed by atoms with Crippen molar-refractivity contribution in [3.05, 3.63) is 12.2 Å². The molecule has 0 spiro atoms. The van der Waals surface area contributed by atoms with Gasteiger partial charge in [-0.1, -0.05) is 225 Å². The first-order chi connectivity index (χ1) is 25.6. The Bertz CT molecular complexity index is 728. The molecule has 1 amide bonds. The van der Waals surface area contributed by atoms with Crippen LogP contribution in [0.25, 0.3) is 0 Å². The lowest BCUT2D eigenvalue weighted by Crippen LogP contribution is -2.50. The maximum atomic E-state index is 12.4. The summed E-state index contributed by atoms with van der Waals surface area (Å²) in [6.45, 7) is 4.19. The fourth-order valence-corrected chi connectivity index (χ4v) is 7.46. The Labute approximate surface area is 325 Å². The number of hydrogen-bond donors (Lipinski definition) is 4. The molecule has 0 saturated carbocycles. The van der Waals surface area contributed by atoms with Crippen LogP contribution in [0.1, 0.15) is 258 Å². The molecule has 52 heavy (non-hydrogen) atoms. The van der Waals surface area contributed by atoms with Crippen LogP contribution < -0.4 is 5.32 Å². The minimum absolute atomic E-state index is 0.150. The van der Waals surface area contributed by atoms with Crippen molar-refractivity contribution in [3.63, 3.8) is 0 Å². The molecular formula is C47H93NO4. The molecule has 0 rings (SSSR count). The van der Waals surface area contributed by atoms with Crippen molar-refractivity contribution >= 4 is 5.91 Å². The molecule has 0 aliphatic heterocycles. The number of aliphatic hydroxyl groups is 3. The Morgan fingerprint density at radius 3 is 1.12 bits per heavy atom. The molecule has 0 radical (unpaired) electrons. The number of amides is 1. The van der Waals surface area contributed by atoms with E-state index in [4.69, 9.17) is 0 Å². The average molecular weight is 736 g/mol. The van der Waals surface area contributed by atoms with Gasteiger partial charge in [0.1, 0.15) is 6.10 Å². The van der Waals surface area contributed by atoms with E-state index in [1.165, 1.54) is 193 Å². The molecule has 4 N–H and O–H groups in total. The van der Waals surface area contributed by atoms with Crippen LogP contribution in [0.5, 0.6) is 0 Å². The van der Waals surface area contributed by atoms with Crippen LogP contribution in [0.2, 0.25) is 0 Å². The SMILES string of the molecule is CCCCCCCCCCCCCCCCCCCC/C=C/CCCC(O)C(O)C(CO)NC(=O)CCCCCCCCCCCCCCCCC. The van der Waals surface area contributed by atoms with Crippen molar-refractivity contribution in [2.75, 3.05) is 6.61 Å². The molecule has 5 nitrogen and oxygen atoms in total. The van der Waals surface area contributed by atoms with Crippen molar-refractivity contribution in [1.82, 2.24) is 5.32 Å². The van der Waals surface area contributed by atoms with Crippen LogP contribution in [-0.2, 0) is 4.79 Å². The maximum Gasteiger partial charge on any atom is 0.220 e. The average Bonchev–Trinajstić information content (AvgIpc) is 3.15. The minimum atomic E-state index is -1.15. The number of carbonyl (C=O) groups excluding carboxylic acids is 1. The largest absolute Gasteiger partial charge is 0.394 e. The summed E-state index contributed by atoms with van der Waals surface area (Å²) in [4.78, 5) is 12.4. The van der Waals surface area contributed by atoms with Gasteiger partial charge < -0.3 is 20.6 Å². The molecule has 0 saturated heterocycles. The normalized spacial score (nSPS) is 13.6. The van der Waals surface area contributed by atoms with Crippen LogP contribution in [-0.4, -0.2) is 46.1 Å². The lowest BCUT2D eigenvalue weighted by molar-refractivity contribution is -0.124. The quantitative estimate of drug-likeness (QED) is 0.0371. The number of aliphatic hydroxyl groups excluding tert-OH is 3. The fourth-order valence-electron chi connectivity index (χ4n) is 7.46. The van der Waals surface area contributed by atoms with Crippen LogP contribution in [0, 0.1) is 0 Å². The number of carbonyl (C=O) groups is 1. The zero-order valence-corrected chi connectivity index (χ0v) is 35.2. The molecule has 0 aromatic carbocycles. The van der Waals surface area contributed by atoms with Crippen LogP contribution in [0.3, 0.4) is 0 Å². The van der Waals surface area contributed by atoms with Gasteiger partial charge in [0, 0.05) is 6.42 Å². The number of allylic oxidation sites excluding steroid dienone is 2. The second-order valence-corrected chi connectivity index (χ2v) is 16.3. The van der Waals surface area contributed by atoms with Crippen LogP contribution >= 0.6 is 0 Å². The van der Waals surface area contributed by atoms with E-state index >= 15 is 0 Å². The number of rotatable bonds is 43. The van der Waals surface area contributed by atoms with Gasteiger partial charge in [-0.15, -0.1) is 0 Å². The second-order valence-electron chi connectivity index (χ2n) is 16.3. The molecule has 3 unspecified atom stereocenters. The monoisotopic (exact) mass is 736 g/mol. The minimum Gasteiger partial charge on any atom is -0.394 e. The van der Waals surface area contributed by atoms with E-state index in [2.05, 4.69) is 31.3 Å². The first-order valence-corrected chi connectivity index (χ1v) is 23.5. The van der Waals surface area contributed by atoms with Crippen molar-refractivity contribution in [3.8, 4) is 0 Å². The van der Waals surface area contributed by atoms with Crippen molar-refractivity contribution < 1.29 is 20.1 Å². The molecule has 0 heterocycles. The van der Waals surface area contributed by atoms with Crippen LogP contribution in [0.4, 0.5) is 0 Å². The summed E-state index contributed by atoms with van der Waals surface area (Å²) in [5, 5.41) is 33.6. The highest BCUT2D eigenvalue weighted by atomic mass is 16.3. The number of unbranched alkanes of at least 4 members (excludes halogenated alkanes) is 33. The Kier molecular flexibility index (Phi) is 42.1. The molecule has 3 atom stereocenters. The van der Waals surface area contributed by atoms with Gasteiger partial charge in [-0.3, -0.25) is 4.79 Å². The smallest absolute Gasteiger partial charge is 0.220 e. The summed E-state index contributed by atoms with van der Waals surface area (Å²) in [5.41, 5.74) is 0. The summed E-state index contributed by atoms with van der Waals surface area (Å²) in [6, 6.07) is -0.820. The van der Waals surface area contributed by atoms with Gasteiger partial charge in [0.15, 0.2) is 0 Å². The Hall–Kier alpha value is -0.910. The molecule has 310 valence electrons. The van der Waals surface area contributed by atoms with Crippen molar-refractivity contribution in [2.24, 2.45) is 0 Å². The standard InChI is InChI=1S/C47H93NO4/c1-3-5-7-9-11-13-15-17-19-20-21-22-23-24-25-26-28-29-31-33-35-37-39-41-45(50)47(52)44(43-49)48-46(51)42-40-38-36-34-32-30-27-18-16-14-12-10-8-6-4-2/h33,35,44-45,47,49-50,52H,3-32,34,36-43H2,1-2H3,(H,48,51)/b35-33+. The Balaban J connectivity index is 3.60. The summed E-state index contributed by atoms with van der Waals surface area (Å²) in [6.07, 6.45) is 50.5. The van der Waals surface area contributed by atoms with E-state index in [0.29, 0.717) is 12.8 Å². The third kappa shape index (κ3) is 37.4. The molecule has 0 aromatic heterocycles. The Morgan fingerprint density at radius 1 is 0.462 bits per heavy atom. The highest BCUT2D eigenvalue weighted by Crippen LogP contribution is 2.17. The zero-order valence-electron chi connectivity index (χ0n) is 35.2. The molecule has 0 bridgehead atoms. The van der Waals surface area contributed by atoms with E-state index in [-0.39, 0.29) is 12.5 Å². The lowest BCUT2D eigenvalue weighted by atomic mass is 10.0. The maximum absolute atomic E-state index is 12.4. The number of hydrogen-bond acceptors (Lipinski definition) is 4. The predicted molar refractivity (Wildman–Crippen MR) is 227 cm³/mol. The molecule has 0 aliphatic carbocycles. The first kappa shape index (κ1) is 51.1. The van der Waals surface area contributed by atoms with E-state index < -0.39 is 18.2 Å². The van der Waals surface area contributed by atoms with Gasteiger partial charge in [-0.2, -0.15) is 0 Å². The fraction of sp³-hybridized carbons (Fsp3) is 0.936. The van der Waals surface area contributed by atoms with Crippen LogP contribution in [0.15, 0.2) is 12.2 Å². The van der Waals surface area contributed by atoms with Crippen molar-refractivity contribution in [1.29, 1.82) is 0 Å². The van der Waals surface area contributed by atoms with Gasteiger partial charge in [0.2, 0.25) is 5.91 Å². The molecule has 0 aromatic rings. The van der Waals surface area contributed by atoms with Gasteiger partial charge in [-0.05, 0) is 38.5 Å². The highest BCUT2D eigenvalue weighted by molar-refractivity contribution is 5.76. The topological polar surface area (TPSA) is 89.8 Å². The zero-order chi connectivity index (χ0) is 38.0. The summed E-state index contributed by atoms with van der Waals surface area (Å²) >= 11 is 0. The van der Waals surface area contributed by atoms with Gasteiger partial charge >= 0.3 is 0 Å². The van der Waals surface area contributed by atoms with E-state index in [0.717, 1.165) is 38.5 Å². The molecule has 0 aliphatic rings. The van der Waals surface area contributed by atoms with Gasteiger partial charge in [-0.25, -0.2) is 0 Å². The highest BCUT2D eigenvalue weighted by Gasteiger charge is 2.26.